The Morgan fingerprint density at radius 1 is 1.32 bits per heavy atom. The first kappa shape index (κ1) is 13.6. The van der Waals surface area contributed by atoms with Gasteiger partial charge in [0.25, 0.3) is 0 Å². The van der Waals surface area contributed by atoms with Crippen molar-refractivity contribution in [1.82, 2.24) is 4.98 Å². The van der Waals surface area contributed by atoms with Crippen LogP contribution in [0, 0.1) is 0 Å². The van der Waals surface area contributed by atoms with Crippen LogP contribution in [0.4, 0.5) is 5.69 Å². The third-order valence-electron chi connectivity index (χ3n) is 2.41. The molecule has 1 aromatic heterocycles. The van der Waals surface area contributed by atoms with Gasteiger partial charge in [-0.25, -0.2) is 4.98 Å². The average molecular weight is 274 g/mol. The zero-order valence-electron chi connectivity index (χ0n) is 10.5. The highest BCUT2D eigenvalue weighted by molar-refractivity contribution is 7.99. The number of pyridine rings is 1. The number of aliphatic hydroxyl groups excluding tert-OH is 1. The first-order valence-corrected chi connectivity index (χ1v) is 6.61. The Balaban J connectivity index is 2.13. The molecule has 0 bridgehead atoms. The molecule has 1 heterocycles. The summed E-state index contributed by atoms with van der Waals surface area (Å²) in [7, 11) is 0. The largest absolute Gasteiger partial charge is 0.392 e. The maximum Gasteiger partial charge on any atom is 0.221 e. The van der Waals surface area contributed by atoms with E-state index >= 15 is 0 Å². The highest BCUT2D eigenvalue weighted by atomic mass is 32.2. The number of amides is 1. The Kier molecular flexibility index (Phi) is 4.54. The van der Waals surface area contributed by atoms with E-state index in [1.165, 1.54) is 18.7 Å². The molecule has 2 rings (SSSR count). The van der Waals surface area contributed by atoms with Gasteiger partial charge in [-0.15, -0.1) is 0 Å². The lowest BCUT2D eigenvalue weighted by Gasteiger charge is -2.06. The lowest BCUT2D eigenvalue weighted by Crippen LogP contribution is -2.05. The average Bonchev–Trinajstić information content (AvgIpc) is 2.41. The number of nitrogens with one attached hydrogen (secondary N) is 1. The van der Waals surface area contributed by atoms with Crippen molar-refractivity contribution in [3.63, 3.8) is 0 Å². The molecule has 0 saturated carbocycles. The number of aliphatic hydroxyl groups is 1. The van der Waals surface area contributed by atoms with Gasteiger partial charge in [0.05, 0.1) is 6.61 Å². The molecule has 1 amide bonds. The van der Waals surface area contributed by atoms with Crippen LogP contribution in [-0.2, 0) is 11.4 Å². The van der Waals surface area contributed by atoms with Crippen molar-refractivity contribution < 1.29 is 9.90 Å². The molecule has 19 heavy (non-hydrogen) atoms. The summed E-state index contributed by atoms with van der Waals surface area (Å²) in [6, 6.07) is 11.1. The molecule has 0 aliphatic heterocycles. The zero-order valence-corrected chi connectivity index (χ0v) is 11.3. The van der Waals surface area contributed by atoms with Crippen molar-refractivity contribution in [3.05, 3.63) is 48.2 Å². The maximum atomic E-state index is 10.9. The summed E-state index contributed by atoms with van der Waals surface area (Å²) in [6.07, 6.45) is 1.70. The predicted octanol–water partition coefficient (Wildman–Crippen LogP) is 2.68. The van der Waals surface area contributed by atoms with Crippen LogP contribution in [0.1, 0.15) is 12.5 Å². The number of rotatable bonds is 4. The standard InChI is InChI=1S/C14H14N2O2S/c1-10(18)16-12-4-6-13(7-5-12)19-14-11(9-17)3-2-8-15-14/h2-8,17H,9H2,1H3,(H,16,18). The van der Waals surface area contributed by atoms with E-state index in [-0.39, 0.29) is 12.5 Å². The monoisotopic (exact) mass is 274 g/mol. The summed E-state index contributed by atoms with van der Waals surface area (Å²) in [4.78, 5) is 16.2. The number of hydrogen-bond acceptors (Lipinski definition) is 4. The molecule has 0 aliphatic rings. The molecule has 0 saturated heterocycles. The molecule has 0 unspecified atom stereocenters. The number of carbonyl (C=O) groups is 1. The number of carbonyl (C=O) groups excluding carboxylic acids is 1. The predicted molar refractivity (Wildman–Crippen MR) is 75.0 cm³/mol. The molecule has 5 heteroatoms. The van der Waals surface area contributed by atoms with Gasteiger partial charge in [-0.3, -0.25) is 4.79 Å². The van der Waals surface area contributed by atoms with Gasteiger partial charge in [-0.2, -0.15) is 0 Å². The molecular formula is C14H14N2O2S. The molecule has 2 N–H and O–H groups in total. The van der Waals surface area contributed by atoms with E-state index in [1.807, 2.05) is 30.3 Å². The smallest absolute Gasteiger partial charge is 0.221 e. The summed E-state index contributed by atoms with van der Waals surface area (Å²) in [5, 5.41) is 12.7. The summed E-state index contributed by atoms with van der Waals surface area (Å²) in [5.74, 6) is -0.0901. The first-order valence-electron chi connectivity index (χ1n) is 5.79. The van der Waals surface area contributed by atoms with Crippen LogP contribution in [-0.4, -0.2) is 16.0 Å². The second kappa shape index (κ2) is 6.36. The molecule has 0 atom stereocenters. The van der Waals surface area contributed by atoms with E-state index in [0.717, 1.165) is 21.2 Å². The highest BCUT2D eigenvalue weighted by Crippen LogP contribution is 2.29. The second-order valence-electron chi connectivity index (χ2n) is 3.93. The lowest BCUT2D eigenvalue weighted by atomic mass is 10.3. The second-order valence-corrected chi connectivity index (χ2v) is 5.00. The van der Waals surface area contributed by atoms with Gasteiger partial charge in [-0.05, 0) is 30.3 Å². The van der Waals surface area contributed by atoms with Crippen molar-refractivity contribution in [1.29, 1.82) is 0 Å². The Morgan fingerprint density at radius 2 is 2.05 bits per heavy atom. The lowest BCUT2D eigenvalue weighted by molar-refractivity contribution is -0.114. The maximum absolute atomic E-state index is 10.9. The normalized spacial score (nSPS) is 10.2. The molecule has 0 spiro atoms. The van der Waals surface area contributed by atoms with Crippen LogP contribution in [0.3, 0.4) is 0 Å². The Hall–Kier alpha value is -1.85. The number of hydrogen-bond donors (Lipinski definition) is 2. The van der Waals surface area contributed by atoms with Crippen molar-refractivity contribution in [2.75, 3.05) is 5.32 Å². The summed E-state index contributed by atoms with van der Waals surface area (Å²) in [6.45, 7) is 1.45. The minimum absolute atomic E-state index is 0.0276. The fraction of sp³-hybridized carbons (Fsp3) is 0.143. The molecule has 0 fully saturated rings. The Morgan fingerprint density at radius 3 is 2.68 bits per heavy atom. The van der Waals surface area contributed by atoms with Crippen LogP contribution in [0.25, 0.3) is 0 Å². The molecule has 0 radical (unpaired) electrons. The van der Waals surface area contributed by atoms with Crippen LogP contribution in [0.2, 0.25) is 0 Å². The van der Waals surface area contributed by atoms with E-state index in [9.17, 15) is 9.90 Å². The molecule has 98 valence electrons. The molecule has 2 aromatic rings. The van der Waals surface area contributed by atoms with Gasteiger partial charge in [0.2, 0.25) is 5.91 Å². The summed E-state index contributed by atoms with van der Waals surface area (Å²) in [5.41, 5.74) is 1.57. The Labute approximate surface area is 115 Å². The van der Waals surface area contributed by atoms with Gasteiger partial charge in [-0.1, -0.05) is 17.8 Å². The molecule has 1 aromatic carbocycles. The fourth-order valence-electron chi connectivity index (χ4n) is 1.56. The van der Waals surface area contributed by atoms with Crippen LogP contribution in [0.5, 0.6) is 0 Å². The summed E-state index contributed by atoms with van der Waals surface area (Å²) >= 11 is 1.48. The number of nitrogens with zero attached hydrogens (tertiary/aromatic N) is 1. The van der Waals surface area contributed by atoms with Crippen LogP contribution in [0.15, 0.2) is 52.5 Å². The van der Waals surface area contributed by atoms with E-state index in [1.54, 1.807) is 12.3 Å². The third kappa shape index (κ3) is 3.81. The molecule has 0 aliphatic carbocycles. The van der Waals surface area contributed by atoms with Gasteiger partial charge in [0.1, 0.15) is 5.03 Å². The van der Waals surface area contributed by atoms with Crippen molar-refractivity contribution >= 4 is 23.4 Å². The quantitative estimate of drug-likeness (QED) is 0.899. The van der Waals surface area contributed by atoms with Crippen molar-refractivity contribution in [3.8, 4) is 0 Å². The topological polar surface area (TPSA) is 62.2 Å². The summed E-state index contributed by atoms with van der Waals surface area (Å²) < 4.78 is 0. The van der Waals surface area contributed by atoms with Gasteiger partial charge in [0.15, 0.2) is 0 Å². The minimum atomic E-state index is -0.0901. The van der Waals surface area contributed by atoms with Crippen molar-refractivity contribution in [2.45, 2.75) is 23.5 Å². The Bertz CT molecular complexity index is 570. The first-order chi connectivity index (χ1) is 9.19. The van der Waals surface area contributed by atoms with Gasteiger partial charge < -0.3 is 10.4 Å². The molecular weight excluding hydrogens is 260 g/mol. The van der Waals surface area contributed by atoms with E-state index in [4.69, 9.17) is 0 Å². The number of benzene rings is 1. The van der Waals surface area contributed by atoms with Gasteiger partial charge in [0, 0.05) is 29.3 Å². The number of anilines is 1. The third-order valence-corrected chi connectivity index (χ3v) is 3.48. The zero-order chi connectivity index (χ0) is 13.7. The number of aromatic nitrogens is 1. The highest BCUT2D eigenvalue weighted by Gasteiger charge is 2.05. The minimum Gasteiger partial charge on any atom is -0.392 e. The van der Waals surface area contributed by atoms with Crippen LogP contribution >= 0.6 is 11.8 Å². The molecule has 4 nitrogen and oxygen atoms in total. The SMILES string of the molecule is CC(=O)Nc1ccc(Sc2ncccc2CO)cc1. The van der Waals surface area contributed by atoms with Crippen LogP contribution < -0.4 is 5.32 Å². The van der Waals surface area contributed by atoms with Gasteiger partial charge >= 0.3 is 0 Å². The van der Waals surface area contributed by atoms with Crippen molar-refractivity contribution in [2.24, 2.45) is 0 Å². The fourth-order valence-corrected chi connectivity index (χ4v) is 2.43. The van der Waals surface area contributed by atoms with E-state index < -0.39 is 0 Å². The van der Waals surface area contributed by atoms with E-state index in [0.29, 0.717) is 0 Å². The van der Waals surface area contributed by atoms with E-state index in [2.05, 4.69) is 10.3 Å².